The number of thioether (sulfide) groups is 1. The Morgan fingerprint density at radius 3 is 2.79 bits per heavy atom. The highest BCUT2D eigenvalue weighted by Gasteiger charge is 2.19. The van der Waals surface area contributed by atoms with Crippen LogP contribution in [0.25, 0.3) is 10.2 Å². The van der Waals surface area contributed by atoms with E-state index in [1.54, 1.807) is 23.1 Å². The van der Waals surface area contributed by atoms with E-state index in [1.165, 1.54) is 0 Å². The van der Waals surface area contributed by atoms with E-state index in [1.807, 2.05) is 30.8 Å². The Bertz CT molecular complexity index is 821. The average Bonchev–Trinajstić information content (AvgIpc) is 3.02. The summed E-state index contributed by atoms with van der Waals surface area (Å²) in [7, 11) is 0. The number of hydrogen-bond acceptors (Lipinski definition) is 7. The molecule has 8 heteroatoms. The van der Waals surface area contributed by atoms with Crippen LogP contribution in [0.2, 0.25) is 0 Å². The van der Waals surface area contributed by atoms with Crippen molar-refractivity contribution in [1.82, 2.24) is 15.0 Å². The Kier molecular flexibility index (Phi) is 5.70. The van der Waals surface area contributed by atoms with Crippen molar-refractivity contribution in [3.05, 3.63) is 40.1 Å². The van der Waals surface area contributed by atoms with E-state index in [9.17, 15) is 0 Å². The van der Waals surface area contributed by atoms with Crippen LogP contribution in [0.5, 0.6) is 0 Å². The molecule has 0 aliphatic carbocycles. The topological polar surface area (TPSA) is 76.7 Å². The van der Waals surface area contributed by atoms with Gasteiger partial charge in [-0.15, -0.1) is 23.1 Å². The Balaban J connectivity index is 1.65. The third-order valence-corrected chi connectivity index (χ3v) is 6.01. The predicted octanol–water partition coefficient (Wildman–Crippen LogP) is 4.32. The molecule has 0 saturated heterocycles. The number of nitrogens with zero attached hydrogens (tertiary/aromatic N) is 3. The maximum atomic E-state index is 6.40. The van der Waals surface area contributed by atoms with Gasteiger partial charge in [-0.25, -0.2) is 15.0 Å². The Hall–Kier alpha value is -1.22. The van der Waals surface area contributed by atoms with Crippen molar-refractivity contribution in [3.63, 3.8) is 0 Å². The SMILES string of the molecule is CSc1cnc(NCC(C)C(N)c2nc3ccc(Br)cc3s2)nc1. The number of halogens is 1. The van der Waals surface area contributed by atoms with Gasteiger partial charge in [-0.3, -0.25) is 0 Å². The molecule has 0 aliphatic heterocycles. The molecule has 2 heterocycles. The first-order valence-corrected chi connectivity index (χ1v) is 10.3. The molecule has 126 valence electrons. The van der Waals surface area contributed by atoms with Crippen molar-refractivity contribution in [3.8, 4) is 0 Å². The molecule has 0 amide bonds. The van der Waals surface area contributed by atoms with Crippen LogP contribution >= 0.6 is 39.0 Å². The standard InChI is InChI=1S/C16H18BrN5S2/c1-9(6-19-16-20-7-11(23-2)8-21-16)14(18)15-22-12-4-3-10(17)5-13(12)24-15/h3-5,7-9,14H,6,18H2,1-2H3,(H,19,20,21). The molecule has 2 aromatic heterocycles. The highest BCUT2D eigenvalue weighted by Crippen LogP contribution is 2.30. The molecule has 24 heavy (non-hydrogen) atoms. The van der Waals surface area contributed by atoms with Gasteiger partial charge in [0.15, 0.2) is 0 Å². The van der Waals surface area contributed by atoms with E-state index in [-0.39, 0.29) is 12.0 Å². The lowest BCUT2D eigenvalue weighted by Crippen LogP contribution is -2.25. The van der Waals surface area contributed by atoms with Crippen LogP contribution < -0.4 is 11.1 Å². The molecular weight excluding hydrogens is 406 g/mol. The number of aromatic nitrogens is 3. The van der Waals surface area contributed by atoms with Crippen molar-refractivity contribution >= 4 is 55.2 Å². The molecule has 3 N–H and O–H groups in total. The van der Waals surface area contributed by atoms with Gasteiger partial charge in [-0.2, -0.15) is 0 Å². The van der Waals surface area contributed by atoms with Gasteiger partial charge in [0, 0.05) is 28.3 Å². The maximum absolute atomic E-state index is 6.40. The number of anilines is 1. The summed E-state index contributed by atoms with van der Waals surface area (Å²) in [6.45, 7) is 2.80. The summed E-state index contributed by atoms with van der Waals surface area (Å²) >= 11 is 6.76. The number of nitrogens with one attached hydrogen (secondary N) is 1. The first-order chi connectivity index (χ1) is 11.6. The fraction of sp³-hybridized carbons (Fsp3) is 0.312. The molecule has 3 rings (SSSR count). The van der Waals surface area contributed by atoms with E-state index in [4.69, 9.17) is 5.73 Å². The Morgan fingerprint density at radius 2 is 2.08 bits per heavy atom. The molecule has 1 aromatic carbocycles. The normalized spacial score (nSPS) is 13.8. The third-order valence-electron chi connectivity index (χ3n) is 3.71. The second-order valence-electron chi connectivity index (χ2n) is 5.49. The van der Waals surface area contributed by atoms with Crippen molar-refractivity contribution in [2.24, 2.45) is 11.7 Å². The van der Waals surface area contributed by atoms with E-state index >= 15 is 0 Å². The summed E-state index contributed by atoms with van der Waals surface area (Å²) in [5.41, 5.74) is 7.39. The van der Waals surface area contributed by atoms with Gasteiger partial charge in [0.05, 0.1) is 16.3 Å². The maximum Gasteiger partial charge on any atom is 0.222 e. The molecule has 0 aliphatic rings. The van der Waals surface area contributed by atoms with Crippen LogP contribution in [0.3, 0.4) is 0 Å². The monoisotopic (exact) mass is 423 g/mol. The second-order valence-corrected chi connectivity index (χ2v) is 8.35. The zero-order valence-electron chi connectivity index (χ0n) is 13.4. The van der Waals surface area contributed by atoms with Crippen molar-refractivity contribution < 1.29 is 0 Å². The molecule has 0 saturated carbocycles. The average molecular weight is 424 g/mol. The Morgan fingerprint density at radius 1 is 1.33 bits per heavy atom. The van der Waals surface area contributed by atoms with Gasteiger partial charge in [0.1, 0.15) is 5.01 Å². The van der Waals surface area contributed by atoms with Crippen LogP contribution in [0.15, 0.2) is 40.0 Å². The van der Waals surface area contributed by atoms with Crippen LogP contribution in [0, 0.1) is 5.92 Å². The largest absolute Gasteiger partial charge is 0.354 e. The van der Waals surface area contributed by atoms with Crippen LogP contribution in [0.4, 0.5) is 5.95 Å². The summed E-state index contributed by atoms with van der Waals surface area (Å²) in [4.78, 5) is 14.3. The minimum atomic E-state index is -0.126. The number of thiazole rings is 1. The van der Waals surface area contributed by atoms with Crippen molar-refractivity contribution in [2.75, 3.05) is 18.1 Å². The molecule has 0 spiro atoms. The Labute approximate surface area is 157 Å². The van der Waals surface area contributed by atoms with Crippen LogP contribution in [-0.4, -0.2) is 27.8 Å². The van der Waals surface area contributed by atoms with Gasteiger partial charge in [-0.1, -0.05) is 22.9 Å². The lowest BCUT2D eigenvalue weighted by molar-refractivity contribution is 0.491. The number of fused-ring (bicyclic) bond motifs is 1. The van der Waals surface area contributed by atoms with Gasteiger partial charge in [0.25, 0.3) is 0 Å². The van der Waals surface area contributed by atoms with Crippen molar-refractivity contribution in [2.45, 2.75) is 17.9 Å². The lowest BCUT2D eigenvalue weighted by Gasteiger charge is -2.18. The van der Waals surface area contributed by atoms with E-state index in [0.29, 0.717) is 12.5 Å². The predicted molar refractivity (Wildman–Crippen MR) is 106 cm³/mol. The summed E-state index contributed by atoms with van der Waals surface area (Å²) in [5.74, 6) is 0.831. The fourth-order valence-electron chi connectivity index (χ4n) is 2.19. The van der Waals surface area contributed by atoms with Gasteiger partial charge in [-0.05, 0) is 30.4 Å². The highest BCUT2D eigenvalue weighted by molar-refractivity contribution is 9.10. The van der Waals surface area contributed by atoms with Gasteiger partial charge in [0.2, 0.25) is 5.95 Å². The summed E-state index contributed by atoms with van der Waals surface area (Å²) < 4.78 is 2.20. The van der Waals surface area contributed by atoms with E-state index in [2.05, 4.69) is 49.2 Å². The molecular formula is C16H18BrN5S2. The molecule has 0 radical (unpaired) electrons. The minimum absolute atomic E-state index is 0.126. The first kappa shape index (κ1) is 17.6. The van der Waals surface area contributed by atoms with E-state index < -0.39 is 0 Å². The summed E-state index contributed by atoms with van der Waals surface area (Å²) in [6, 6.07) is 5.96. The third kappa shape index (κ3) is 4.05. The highest BCUT2D eigenvalue weighted by atomic mass is 79.9. The molecule has 2 unspecified atom stereocenters. The molecule has 0 fully saturated rings. The van der Waals surface area contributed by atoms with Crippen LogP contribution in [-0.2, 0) is 0 Å². The van der Waals surface area contributed by atoms with E-state index in [0.717, 1.165) is 24.6 Å². The lowest BCUT2D eigenvalue weighted by atomic mass is 10.0. The molecule has 3 aromatic rings. The zero-order valence-corrected chi connectivity index (χ0v) is 16.6. The van der Waals surface area contributed by atoms with Crippen molar-refractivity contribution in [1.29, 1.82) is 0 Å². The number of benzene rings is 1. The molecule has 0 bridgehead atoms. The zero-order chi connectivity index (χ0) is 17.1. The second kappa shape index (κ2) is 7.77. The first-order valence-electron chi connectivity index (χ1n) is 7.48. The number of nitrogens with two attached hydrogens (primary N) is 1. The fourth-order valence-corrected chi connectivity index (χ4v) is 4.17. The minimum Gasteiger partial charge on any atom is -0.354 e. The smallest absolute Gasteiger partial charge is 0.222 e. The summed E-state index contributed by atoms with van der Waals surface area (Å²) in [6.07, 6.45) is 5.63. The number of rotatable bonds is 6. The summed E-state index contributed by atoms with van der Waals surface area (Å²) in [5, 5.41) is 4.20. The van der Waals surface area contributed by atoms with Gasteiger partial charge >= 0.3 is 0 Å². The van der Waals surface area contributed by atoms with Crippen LogP contribution in [0.1, 0.15) is 18.0 Å². The molecule has 5 nitrogen and oxygen atoms in total. The quantitative estimate of drug-likeness (QED) is 0.574. The number of hydrogen-bond donors (Lipinski definition) is 2. The molecule has 2 atom stereocenters. The van der Waals surface area contributed by atoms with Gasteiger partial charge < -0.3 is 11.1 Å².